The fourth-order valence-electron chi connectivity index (χ4n) is 2.83. The fourth-order valence-corrected chi connectivity index (χ4v) is 2.83. The first-order valence-corrected chi connectivity index (χ1v) is 8.05. The molecule has 1 aromatic carbocycles. The summed E-state index contributed by atoms with van der Waals surface area (Å²) in [6.45, 7) is 2.06. The van der Waals surface area contributed by atoms with Gasteiger partial charge in [0.15, 0.2) is 5.69 Å². The number of hydrogen-bond donors (Lipinski definition) is 4. The van der Waals surface area contributed by atoms with Crippen LogP contribution in [0.5, 0.6) is 0 Å². The molecule has 3 rings (SSSR count). The molecule has 0 fully saturated rings. The minimum Gasteiger partial charge on any atom is -0.355 e. The number of H-pyrrole nitrogens is 1. The van der Waals surface area contributed by atoms with Gasteiger partial charge in [-0.15, -0.1) is 12.4 Å². The summed E-state index contributed by atoms with van der Waals surface area (Å²) < 4.78 is 0. The van der Waals surface area contributed by atoms with Crippen LogP contribution >= 0.6 is 12.4 Å². The Labute approximate surface area is 152 Å². The summed E-state index contributed by atoms with van der Waals surface area (Å²) in [5, 5.41) is 15.8. The van der Waals surface area contributed by atoms with Crippen molar-refractivity contribution in [3.63, 3.8) is 0 Å². The van der Waals surface area contributed by atoms with Gasteiger partial charge in [0, 0.05) is 49.9 Å². The van der Waals surface area contributed by atoms with Crippen molar-refractivity contribution in [1.82, 2.24) is 26.1 Å². The monoisotopic (exact) mass is 363 g/mol. The summed E-state index contributed by atoms with van der Waals surface area (Å²) in [6, 6.07) is 7.39. The van der Waals surface area contributed by atoms with Gasteiger partial charge in [0.25, 0.3) is 11.8 Å². The number of fused-ring (bicyclic) bond motifs is 1. The van der Waals surface area contributed by atoms with E-state index >= 15 is 0 Å². The van der Waals surface area contributed by atoms with Crippen molar-refractivity contribution in [2.24, 2.45) is 0 Å². The van der Waals surface area contributed by atoms with Crippen LogP contribution in [0.15, 0.2) is 24.3 Å². The topological polar surface area (TPSA) is 98.9 Å². The predicted molar refractivity (Wildman–Crippen MR) is 97.1 cm³/mol. The molecule has 134 valence electrons. The van der Waals surface area contributed by atoms with Crippen LogP contribution in [-0.4, -0.2) is 42.1 Å². The molecule has 25 heavy (non-hydrogen) atoms. The zero-order valence-electron chi connectivity index (χ0n) is 14.0. The Balaban J connectivity index is 0.00000225. The molecule has 1 aliphatic heterocycles. The van der Waals surface area contributed by atoms with E-state index in [0.29, 0.717) is 30.8 Å². The van der Waals surface area contributed by atoms with Crippen molar-refractivity contribution < 1.29 is 9.59 Å². The van der Waals surface area contributed by atoms with Crippen molar-refractivity contribution in [3.8, 4) is 0 Å². The van der Waals surface area contributed by atoms with E-state index < -0.39 is 0 Å². The number of amides is 2. The van der Waals surface area contributed by atoms with Gasteiger partial charge in [-0.25, -0.2) is 0 Å². The lowest BCUT2D eigenvalue weighted by Crippen LogP contribution is -2.29. The van der Waals surface area contributed by atoms with Crippen LogP contribution < -0.4 is 16.0 Å². The molecule has 0 atom stereocenters. The van der Waals surface area contributed by atoms with Gasteiger partial charge in [-0.1, -0.05) is 12.1 Å². The van der Waals surface area contributed by atoms with E-state index in [-0.39, 0.29) is 24.2 Å². The fraction of sp³-hybridized carbons (Fsp3) is 0.353. The number of aromatic amines is 1. The van der Waals surface area contributed by atoms with E-state index in [0.717, 1.165) is 29.8 Å². The van der Waals surface area contributed by atoms with E-state index in [2.05, 4.69) is 26.1 Å². The van der Waals surface area contributed by atoms with Crippen LogP contribution in [0, 0.1) is 0 Å². The molecule has 0 unspecified atom stereocenters. The van der Waals surface area contributed by atoms with Gasteiger partial charge in [-0.05, 0) is 24.1 Å². The molecule has 2 amide bonds. The van der Waals surface area contributed by atoms with Crippen LogP contribution in [-0.2, 0) is 19.4 Å². The lowest BCUT2D eigenvalue weighted by molar-refractivity contribution is 0.0943. The number of rotatable bonds is 5. The Bertz CT molecular complexity index is 759. The van der Waals surface area contributed by atoms with E-state index in [9.17, 15) is 9.59 Å². The van der Waals surface area contributed by atoms with Gasteiger partial charge in [0.1, 0.15) is 0 Å². The molecule has 0 spiro atoms. The van der Waals surface area contributed by atoms with Gasteiger partial charge in [0.05, 0.1) is 0 Å². The second-order valence-corrected chi connectivity index (χ2v) is 5.74. The van der Waals surface area contributed by atoms with Gasteiger partial charge in [-0.2, -0.15) is 5.10 Å². The van der Waals surface area contributed by atoms with Crippen molar-refractivity contribution in [1.29, 1.82) is 0 Å². The summed E-state index contributed by atoms with van der Waals surface area (Å²) in [4.78, 5) is 23.9. The largest absolute Gasteiger partial charge is 0.355 e. The Morgan fingerprint density at radius 1 is 1.28 bits per heavy atom. The second kappa shape index (κ2) is 8.64. The molecule has 2 aromatic rings. The Kier molecular flexibility index (Phi) is 6.55. The maximum absolute atomic E-state index is 12.3. The molecule has 0 saturated carbocycles. The molecule has 0 bridgehead atoms. The Morgan fingerprint density at radius 3 is 2.92 bits per heavy atom. The number of carbonyl (C=O) groups is 2. The minimum absolute atomic E-state index is 0. The third kappa shape index (κ3) is 4.37. The van der Waals surface area contributed by atoms with Gasteiger partial charge >= 0.3 is 0 Å². The number of nitrogens with zero attached hydrogens (tertiary/aromatic N) is 1. The molecule has 2 heterocycles. The lowest BCUT2D eigenvalue weighted by Gasteiger charge is -2.12. The highest BCUT2D eigenvalue weighted by Crippen LogP contribution is 2.15. The highest BCUT2D eigenvalue weighted by molar-refractivity contribution is 5.94. The number of carbonyl (C=O) groups excluding carboxylic acids is 2. The predicted octanol–water partition coefficient (Wildman–Crippen LogP) is 0.809. The zero-order chi connectivity index (χ0) is 16.9. The SMILES string of the molecule is CNC(=O)c1cccc(CCNC(=O)c2n[nH]c3c2CNCC3)c1.Cl. The summed E-state index contributed by atoms with van der Waals surface area (Å²) in [7, 11) is 1.61. The van der Waals surface area contributed by atoms with Crippen LogP contribution in [0.25, 0.3) is 0 Å². The van der Waals surface area contributed by atoms with Crippen LogP contribution in [0.2, 0.25) is 0 Å². The minimum atomic E-state index is -0.168. The van der Waals surface area contributed by atoms with Gasteiger partial charge in [0.2, 0.25) is 0 Å². The normalized spacial score (nSPS) is 12.7. The van der Waals surface area contributed by atoms with Crippen molar-refractivity contribution in [2.45, 2.75) is 19.4 Å². The van der Waals surface area contributed by atoms with E-state index in [1.54, 1.807) is 13.1 Å². The number of aromatic nitrogens is 2. The van der Waals surface area contributed by atoms with Crippen LogP contribution in [0.4, 0.5) is 0 Å². The zero-order valence-corrected chi connectivity index (χ0v) is 14.8. The quantitative estimate of drug-likeness (QED) is 0.631. The highest BCUT2D eigenvalue weighted by atomic mass is 35.5. The summed E-state index contributed by atoms with van der Waals surface area (Å²) in [5.74, 6) is -0.282. The number of nitrogens with one attached hydrogen (secondary N) is 4. The first kappa shape index (κ1) is 19.0. The van der Waals surface area contributed by atoms with Gasteiger partial charge < -0.3 is 16.0 Å². The molecule has 7 nitrogen and oxygen atoms in total. The number of hydrogen-bond acceptors (Lipinski definition) is 4. The van der Waals surface area contributed by atoms with Crippen molar-refractivity contribution >= 4 is 24.2 Å². The smallest absolute Gasteiger partial charge is 0.272 e. The highest BCUT2D eigenvalue weighted by Gasteiger charge is 2.21. The van der Waals surface area contributed by atoms with E-state index in [1.165, 1.54) is 0 Å². The third-order valence-electron chi connectivity index (χ3n) is 4.14. The standard InChI is InChI=1S/C17H21N5O2.ClH/c1-18-16(23)12-4-2-3-11(9-12)5-8-20-17(24)15-13-10-19-7-6-14(13)21-22-15;/h2-4,9,19H,5-8,10H2,1H3,(H,18,23)(H,20,24)(H,21,22);1H. The molecular weight excluding hydrogens is 342 g/mol. The first-order chi connectivity index (χ1) is 11.7. The Morgan fingerprint density at radius 2 is 2.12 bits per heavy atom. The number of halogens is 1. The first-order valence-electron chi connectivity index (χ1n) is 8.05. The molecule has 0 radical (unpaired) electrons. The van der Waals surface area contributed by atoms with Crippen molar-refractivity contribution in [3.05, 3.63) is 52.3 Å². The molecule has 0 saturated heterocycles. The molecule has 8 heteroatoms. The molecule has 1 aromatic heterocycles. The third-order valence-corrected chi connectivity index (χ3v) is 4.14. The maximum Gasteiger partial charge on any atom is 0.272 e. The molecule has 0 aliphatic carbocycles. The van der Waals surface area contributed by atoms with Crippen molar-refractivity contribution in [2.75, 3.05) is 20.1 Å². The van der Waals surface area contributed by atoms with Gasteiger partial charge in [-0.3, -0.25) is 14.7 Å². The summed E-state index contributed by atoms with van der Waals surface area (Å²) >= 11 is 0. The summed E-state index contributed by atoms with van der Waals surface area (Å²) in [5.41, 5.74) is 4.09. The molecule has 1 aliphatic rings. The van der Waals surface area contributed by atoms with E-state index in [1.807, 2.05) is 18.2 Å². The second-order valence-electron chi connectivity index (χ2n) is 5.74. The summed E-state index contributed by atoms with van der Waals surface area (Å²) in [6.07, 6.45) is 1.52. The van der Waals surface area contributed by atoms with E-state index in [4.69, 9.17) is 0 Å². The Hall–Kier alpha value is -2.38. The lowest BCUT2D eigenvalue weighted by atomic mass is 10.1. The van der Waals surface area contributed by atoms with Crippen LogP contribution in [0.1, 0.15) is 37.7 Å². The molecular formula is C17H22ClN5O2. The maximum atomic E-state index is 12.3. The average molecular weight is 364 g/mol. The molecule has 4 N–H and O–H groups in total. The average Bonchev–Trinajstić information content (AvgIpc) is 3.05. The van der Waals surface area contributed by atoms with Crippen LogP contribution in [0.3, 0.4) is 0 Å². The number of benzene rings is 1.